The van der Waals surface area contributed by atoms with Gasteiger partial charge in [-0.25, -0.2) is 0 Å². The van der Waals surface area contributed by atoms with Crippen molar-refractivity contribution in [3.8, 4) is 5.75 Å². The van der Waals surface area contributed by atoms with Crippen LogP contribution >= 0.6 is 23.8 Å². The molecule has 1 N–H and O–H groups in total. The number of carbonyl (C=O) groups excluding carboxylic acids is 2. The first-order chi connectivity index (χ1) is 17.4. The number of benzene rings is 2. The van der Waals surface area contributed by atoms with Crippen molar-refractivity contribution in [1.82, 2.24) is 9.80 Å². The zero-order chi connectivity index (χ0) is 25.7. The van der Waals surface area contributed by atoms with Crippen LogP contribution in [0.4, 0.5) is 11.4 Å². The van der Waals surface area contributed by atoms with Crippen LogP contribution in [0.15, 0.2) is 48.5 Å². The molecule has 2 amide bonds. The summed E-state index contributed by atoms with van der Waals surface area (Å²) in [5.74, 6) is 1.04. The Kier molecular flexibility index (Phi) is 8.82. The van der Waals surface area contributed by atoms with Crippen LogP contribution in [-0.4, -0.2) is 65.6 Å². The second-order valence-electron chi connectivity index (χ2n) is 9.38. The van der Waals surface area contributed by atoms with E-state index < -0.39 is 6.04 Å². The molecule has 2 aromatic carbocycles. The van der Waals surface area contributed by atoms with Crippen LogP contribution in [0, 0.1) is 5.92 Å². The van der Waals surface area contributed by atoms with Crippen molar-refractivity contribution in [2.45, 2.75) is 39.2 Å². The van der Waals surface area contributed by atoms with Crippen molar-refractivity contribution >= 4 is 52.1 Å². The summed E-state index contributed by atoms with van der Waals surface area (Å²) in [5, 5.41) is 3.89. The molecule has 0 bridgehead atoms. The number of rotatable bonds is 9. The highest BCUT2D eigenvalue weighted by Gasteiger charge is 2.44. The zero-order valence-corrected chi connectivity index (χ0v) is 22.4. The SMILES string of the molecule is CCOc1ccc(N2C(=O)C(CC(=O)Nc3ccc(Cl)cc3)N(CCN3CCC(C)CC3)C2=S)cc1. The van der Waals surface area contributed by atoms with Crippen LogP contribution in [0.2, 0.25) is 5.02 Å². The maximum absolute atomic E-state index is 13.6. The van der Waals surface area contributed by atoms with Gasteiger partial charge in [-0.05, 0) is 99.5 Å². The molecule has 0 aliphatic carbocycles. The number of amides is 2. The molecule has 2 saturated heterocycles. The molecule has 192 valence electrons. The maximum atomic E-state index is 13.6. The minimum absolute atomic E-state index is 0.00611. The van der Waals surface area contributed by atoms with Gasteiger partial charge >= 0.3 is 0 Å². The second-order valence-corrected chi connectivity index (χ2v) is 10.2. The summed E-state index contributed by atoms with van der Waals surface area (Å²) in [6.07, 6.45) is 2.36. The van der Waals surface area contributed by atoms with Gasteiger partial charge in [0.2, 0.25) is 5.91 Å². The van der Waals surface area contributed by atoms with E-state index in [4.69, 9.17) is 28.6 Å². The van der Waals surface area contributed by atoms with Crippen LogP contribution < -0.4 is 15.0 Å². The standard InChI is InChI=1S/C27H33ClN4O3S/c1-3-35-23-10-8-22(9-11-23)32-26(34)24(18-25(33)29-21-6-4-20(28)5-7-21)31(27(32)36)17-16-30-14-12-19(2)13-15-30/h4-11,19,24H,3,12-18H2,1-2H3,(H,29,33). The first kappa shape index (κ1) is 26.4. The molecule has 9 heteroatoms. The Hall–Kier alpha value is -2.68. The summed E-state index contributed by atoms with van der Waals surface area (Å²) >= 11 is 11.8. The largest absolute Gasteiger partial charge is 0.494 e. The highest BCUT2D eigenvalue weighted by atomic mass is 35.5. The predicted molar refractivity (Wildman–Crippen MR) is 148 cm³/mol. The average molecular weight is 529 g/mol. The Morgan fingerprint density at radius 3 is 2.39 bits per heavy atom. The van der Waals surface area contributed by atoms with E-state index in [1.807, 2.05) is 36.1 Å². The van der Waals surface area contributed by atoms with E-state index in [0.29, 0.717) is 34.7 Å². The molecule has 2 aliphatic rings. The third-order valence-corrected chi connectivity index (χ3v) is 7.43. The van der Waals surface area contributed by atoms with Crippen molar-refractivity contribution in [2.24, 2.45) is 5.92 Å². The molecule has 0 radical (unpaired) electrons. The molecule has 2 aliphatic heterocycles. The van der Waals surface area contributed by atoms with Gasteiger partial charge in [0.05, 0.1) is 18.7 Å². The first-order valence-corrected chi connectivity index (χ1v) is 13.3. The minimum Gasteiger partial charge on any atom is -0.494 e. The Labute approximate surface area is 223 Å². The summed E-state index contributed by atoms with van der Waals surface area (Å²) < 4.78 is 5.54. The second kappa shape index (κ2) is 12.0. The third-order valence-electron chi connectivity index (χ3n) is 6.76. The Bertz CT molecular complexity index is 1070. The highest BCUT2D eigenvalue weighted by Crippen LogP contribution is 2.29. The fourth-order valence-electron chi connectivity index (χ4n) is 4.64. The van der Waals surface area contributed by atoms with Crippen molar-refractivity contribution in [2.75, 3.05) is 43.0 Å². The van der Waals surface area contributed by atoms with Crippen LogP contribution in [0.25, 0.3) is 0 Å². The molecule has 0 aromatic heterocycles. The predicted octanol–water partition coefficient (Wildman–Crippen LogP) is 4.80. The van der Waals surface area contributed by atoms with E-state index in [1.165, 1.54) is 12.8 Å². The molecule has 36 heavy (non-hydrogen) atoms. The molecule has 2 heterocycles. The van der Waals surface area contributed by atoms with E-state index in [9.17, 15) is 9.59 Å². The van der Waals surface area contributed by atoms with Crippen molar-refractivity contribution in [3.63, 3.8) is 0 Å². The van der Waals surface area contributed by atoms with Crippen LogP contribution in [0.3, 0.4) is 0 Å². The molecule has 0 saturated carbocycles. The fraction of sp³-hybridized carbons (Fsp3) is 0.444. The minimum atomic E-state index is -0.667. The smallest absolute Gasteiger partial charge is 0.256 e. The van der Waals surface area contributed by atoms with E-state index in [0.717, 1.165) is 31.3 Å². The summed E-state index contributed by atoms with van der Waals surface area (Å²) in [6, 6.07) is 13.6. The monoisotopic (exact) mass is 528 g/mol. The molecule has 2 aromatic rings. The van der Waals surface area contributed by atoms with Crippen LogP contribution in [-0.2, 0) is 9.59 Å². The molecule has 1 atom stereocenters. The van der Waals surface area contributed by atoms with Crippen molar-refractivity contribution in [3.05, 3.63) is 53.6 Å². The summed E-state index contributed by atoms with van der Waals surface area (Å²) in [6.45, 7) is 8.25. The number of anilines is 2. The molecule has 2 fully saturated rings. The molecule has 7 nitrogen and oxygen atoms in total. The normalized spacial score (nSPS) is 19.1. The molecule has 0 spiro atoms. The maximum Gasteiger partial charge on any atom is 0.256 e. The number of hydrogen-bond acceptors (Lipinski definition) is 5. The van der Waals surface area contributed by atoms with Crippen molar-refractivity contribution < 1.29 is 14.3 Å². The molecule has 1 unspecified atom stereocenters. The van der Waals surface area contributed by atoms with E-state index >= 15 is 0 Å². The van der Waals surface area contributed by atoms with Gasteiger partial charge in [0.15, 0.2) is 5.11 Å². The number of nitrogens with zero attached hydrogens (tertiary/aromatic N) is 3. The van der Waals surface area contributed by atoms with Gasteiger partial charge in [0.25, 0.3) is 5.91 Å². The lowest BCUT2D eigenvalue weighted by Gasteiger charge is -2.32. The topological polar surface area (TPSA) is 65.1 Å². The molecule has 4 rings (SSSR count). The molecular weight excluding hydrogens is 496 g/mol. The van der Waals surface area contributed by atoms with Gasteiger partial charge in [0.1, 0.15) is 11.8 Å². The first-order valence-electron chi connectivity index (χ1n) is 12.5. The summed E-state index contributed by atoms with van der Waals surface area (Å²) in [5.41, 5.74) is 1.31. The average Bonchev–Trinajstić information content (AvgIpc) is 3.09. The van der Waals surface area contributed by atoms with Gasteiger partial charge in [-0.2, -0.15) is 0 Å². The lowest BCUT2D eigenvalue weighted by molar-refractivity contribution is -0.124. The lowest BCUT2D eigenvalue weighted by Crippen LogP contribution is -2.44. The quantitative estimate of drug-likeness (QED) is 0.472. The third kappa shape index (κ3) is 6.35. The Balaban J connectivity index is 1.50. The van der Waals surface area contributed by atoms with Gasteiger partial charge in [-0.3, -0.25) is 14.5 Å². The van der Waals surface area contributed by atoms with E-state index in [1.54, 1.807) is 29.2 Å². The zero-order valence-electron chi connectivity index (χ0n) is 20.8. The number of thiocarbonyl (C=S) groups is 1. The lowest BCUT2D eigenvalue weighted by atomic mass is 9.99. The molecular formula is C27H33ClN4O3S. The Morgan fingerprint density at radius 2 is 1.75 bits per heavy atom. The van der Waals surface area contributed by atoms with E-state index in [-0.39, 0.29) is 18.2 Å². The van der Waals surface area contributed by atoms with Gasteiger partial charge in [-0.1, -0.05) is 18.5 Å². The number of carbonyl (C=O) groups is 2. The summed E-state index contributed by atoms with van der Waals surface area (Å²) in [4.78, 5) is 32.4. The number of likely N-dealkylation sites (tertiary alicyclic amines) is 1. The highest BCUT2D eigenvalue weighted by molar-refractivity contribution is 7.80. The van der Waals surface area contributed by atoms with E-state index in [2.05, 4.69) is 17.1 Å². The van der Waals surface area contributed by atoms with Crippen LogP contribution in [0.1, 0.15) is 33.1 Å². The van der Waals surface area contributed by atoms with Crippen LogP contribution in [0.5, 0.6) is 5.75 Å². The van der Waals surface area contributed by atoms with Gasteiger partial charge in [0, 0.05) is 23.8 Å². The fourth-order valence-corrected chi connectivity index (χ4v) is 5.18. The van der Waals surface area contributed by atoms with Gasteiger partial charge < -0.3 is 19.9 Å². The number of hydrogen-bond donors (Lipinski definition) is 1. The number of nitrogens with one attached hydrogen (secondary N) is 1. The van der Waals surface area contributed by atoms with Gasteiger partial charge in [-0.15, -0.1) is 0 Å². The number of piperidine rings is 1. The number of halogens is 1. The Morgan fingerprint density at radius 1 is 1.08 bits per heavy atom. The number of ether oxygens (including phenoxy) is 1. The summed E-state index contributed by atoms with van der Waals surface area (Å²) in [7, 11) is 0. The van der Waals surface area contributed by atoms with Crippen molar-refractivity contribution in [1.29, 1.82) is 0 Å².